The highest BCUT2D eigenvalue weighted by Gasteiger charge is 2.23. The number of methoxy groups -OCH3 is 3. The van der Waals surface area contributed by atoms with Gasteiger partial charge in [0, 0.05) is 12.1 Å². The zero-order valence-corrected chi connectivity index (χ0v) is 14.6. The van der Waals surface area contributed by atoms with Crippen molar-refractivity contribution >= 4 is 21.9 Å². The summed E-state index contributed by atoms with van der Waals surface area (Å²) in [6, 6.07) is 3.36. The Morgan fingerprint density at radius 2 is 1.81 bits per heavy atom. The Bertz CT molecular complexity index is 491. The van der Waals surface area contributed by atoms with Crippen LogP contribution in [0.3, 0.4) is 0 Å². The van der Waals surface area contributed by atoms with Crippen molar-refractivity contribution in [1.82, 2.24) is 5.32 Å². The van der Waals surface area contributed by atoms with E-state index in [2.05, 4.69) is 21.2 Å². The maximum atomic E-state index is 11.8. The highest BCUT2D eigenvalue weighted by molar-refractivity contribution is 9.10. The van der Waals surface area contributed by atoms with Gasteiger partial charge in [0.05, 0.1) is 25.8 Å². The molecule has 6 heteroatoms. The Hall–Kier alpha value is -1.27. The molecule has 21 heavy (non-hydrogen) atoms. The second-order valence-corrected chi connectivity index (χ2v) is 5.78. The first kappa shape index (κ1) is 17.8. The van der Waals surface area contributed by atoms with E-state index in [9.17, 15) is 4.79 Å². The molecule has 1 N–H and O–H groups in total. The summed E-state index contributed by atoms with van der Waals surface area (Å²) in [6.07, 6.45) is 0. The number of rotatable bonds is 7. The molecule has 0 bridgehead atoms. The number of halogens is 1. The van der Waals surface area contributed by atoms with E-state index in [1.807, 2.05) is 26.0 Å². The number of hydrogen-bond donors (Lipinski definition) is 1. The van der Waals surface area contributed by atoms with Crippen molar-refractivity contribution in [2.45, 2.75) is 26.4 Å². The van der Waals surface area contributed by atoms with E-state index in [-0.39, 0.29) is 17.9 Å². The topological polar surface area (TPSA) is 56.8 Å². The minimum atomic E-state index is -0.366. The fraction of sp³-hybridized carbons (Fsp3) is 0.533. The number of benzene rings is 1. The lowest BCUT2D eigenvalue weighted by Crippen LogP contribution is -2.41. The van der Waals surface area contributed by atoms with Gasteiger partial charge in [-0.3, -0.25) is 10.1 Å². The second kappa shape index (κ2) is 8.24. The van der Waals surface area contributed by atoms with Crippen molar-refractivity contribution in [1.29, 1.82) is 0 Å². The van der Waals surface area contributed by atoms with E-state index in [1.165, 1.54) is 7.11 Å². The minimum absolute atomic E-state index is 0.126. The number of ether oxygens (including phenoxy) is 3. The van der Waals surface area contributed by atoms with E-state index in [1.54, 1.807) is 14.2 Å². The van der Waals surface area contributed by atoms with Gasteiger partial charge in [-0.05, 0) is 34.0 Å². The van der Waals surface area contributed by atoms with Gasteiger partial charge in [-0.2, -0.15) is 0 Å². The summed E-state index contributed by atoms with van der Waals surface area (Å²) in [7, 11) is 4.61. The van der Waals surface area contributed by atoms with Crippen molar-refractivity contribution < 1.29 is 19.0 Å². The van der Waals surface area contributed by atoms with Gasteiger partial charge in [0.1, 0.15) is 17.5 Å². The number of esters is 1. The molecule has 0 heterocycles. The first-order valence-electron chi connectivity index (χ1n) is 6.66. The first-order chi connectivity index (χ1) is 9.94. The van der Waals surface area contributed by atoms with Crippen LogP contribution in [0.4, 0.5) is 0 Å². The molecule has 0 aromatic heterocycles. The fourth-order valence-electron chi connectivity index (χ4n) is 2.00. The Balaban J connectivity index is 2.93. The Morgan fingerprint density at radius 1 is 1.19 bits per heavy atom. The molecule has 1 atom stereocenters. The highest BCUT2D eigenvalue weighted by atomic mass is 79.9. The van der Waals surface area contributed by atoms with Gasteiger partial charge in [-0.15, -0.1) is 0 Å². The Kier molecular flexibility index (Phi) is 6.98. The van der Waals surface area contributed by atoms with Crippen molar-refractivity contribution in [3.63, 3.8) is 0 Å². The molecule has 0 radical (unpaired) electrons. The van der Waals surface area contributed by atoms with Gasteiger partial charge in [0.25, 0.3) is 0 Å². The second-order valence-electron chi connectivity index (χ2n) is 4.92. The number of hydrogen-bond acceptors (Lipinski definition) is 5. The third kappa shape index (κ3) is 4.61. The van der Waals surface area contributed by atoms with Crippen LogP contribution in [-0.4, -0.2) is 33.3 Å². The molecule has 0 fully saturated rings. The zero-order valence-electron chi connectivity index (χ0n) is 13.0. The van der Waals surface area contributed by atoms with E-state index in [0.717, 1.165) is 15.8 Å². The maximum Gasteiger partial charge on any atom is 0.323 e. The summed E-state index contributed by atoms with van der Waals surface area (Å²) >= 11 is 3.42. The minimum Gasteiger partial charge on any atom is -0.496 e. The first-order valence-corrected chi connectivity index (χ1v) is 7.45. The smallest absolute Gasteiger partial charge is 0.323 e. The van der Waals surface area contributed by atoms with E-state index in [0.29, 0.717) is 12.3 Å². The lowest BCUT2D eigenvalue weighted by atomic mass is 10.0. The van der Waals surface area contributed by atoms with E-state index < -0.39 is 0 Å². The van der Waals surface area contributed by atoms with E-state index in [4.69, 9.17) is 14.2 Å². The van der Waals surface area contributed by atoms with E-state index >= 15 is 0 Å². The summed E-state index contributed by atoms with van der Waals surface area (Å²) in [5.41, 5.74) is 0.909. The molecule has 0 aliphatic rings. The molecule has 1 aromatic rings. The molecular formula is C15H22BrNO4. The van der Waals surface area contributed by atoms with Crippen molar-refractivity contribution in [2.24, 2.45) is 5.92 Å². The summed E-state index contributed by atoms with van der Waals surface area (Å²) in [5.74, 6) is 1.29. The molecule has 118 valence electrons. The standard InChI is InChI=1S/C15H22BrNO4/c1-9(2)14(15(18)21-5)17-8-10-6-13(20-4)11(16)7-12(10)19-3/h6-7,9,14,17H,8H2,1-5H3. The van der Waals surface area contributed by atoms with Crippen LogP contribution in [-0.2, 0) is 16.1 Å². The van der Waals surface area contributed by atoms with Gasteiger partial charge in [-0.1, -0.05) is 13.8 Å². The number of carbonyl (C=O) groups is 1. The normalized spacial score (nSPS) is 12.1. The molecule has 5 nitrogen and oxygen atoms in total. The average Bonchev–Trinajstić information content (AvgIpc) is 2.47. The predicted octanol–water partition coefficient (Wildman–Crippen LogP) is 2.75. The fourth-order valence-corrected chi connectivity index (χ4v) is 2.48. The monoisotopic (exact) mass is 359 g/mol. The molecule has 0 saturated heterocycles. The molecule has 0 spiro atoms. The largest absolute Gasteiger partial charge is 0.496 e. The van der Waals surface area contributed by atoms with Gasteiger partial charge in [0.15, 0.2) is 0 Å². The third-order valence-corrected chi connectivity index (χ3v) is 3.81. The average molecular weight is 360 g/mol. The number of carbonyl (C=O) groups excluding carboxylic acids is 1. The summed E-state index contributed by atoms with van der Waals surface area (Å²) in [5, 5.41) is 3.21. The van der Waals surface area contributed by atoms with Crippen molar-refractivity contribution in [2.75, 3.05) is 21.3 Å². The van der Waals surface area contributed by atoms with Crippen molar-refractivity contribution in [3.05, 3.63) is 22.2 Å². The van der Waals surface area contributed by atoms with Crippen LogP contribution in [0.5, 0.6) is 11.5 Å². The van der Waals surface area contributed by atoms with Crippen LogP contribution in [0, 0.1) is 5.92 Å². The molecule has 0 amide bonds. The summed E-state index contributed by atoms with van der Waals surface area (Å²) in [4.78, 5) is 11.8. The van der Waals surface area contributed by atoms with Gasteiger partial charge in [0.2, 0.25) is 0 Å². The SMILES string of the molecule is COC(=O)C(NCc1cc(OC)c(Br)cc1OC)C(C)C. The van der Waals surface area contributed by atoms with Gasteiger partial charge >= 0.3 is 5.97 Å². The Labute approximate surface area is 134 Å². The molecular weight excluding hydrogens is 338 g/mol. The van der Waals surface area contributed by atoms with Crippen LogP contribution in [0.1, 0.15) is 19.4 Å². The molecule has 1 unspecified atom stereocenters. The molecule has 0 aliphatic heterocycles. The predicted molar refractivity (Wildman–Crippen MR) is 84.7 cm³/mol. The van der Waals surface area contributed by atoms with Crippen LogP contribution in [0.25, 0.3) is 0 Å². The molecule has 1 aromatic carbocycles. The van der Waals surface area contributed by atoms with Gasteiger partial charge in [-0.25, -0.2) is 0 Å². The van der Waals surface area contributed by atoms with Gasteiger partial charge < -0.3 is 14.2 Å². The Morgan fingerprint density at radius 3 is 2.29 bits per heavy atom. The highest BCUT2D eigenvalue weighted by Crippen LogP contribution is 2.32. The molecule has 1 rings (SSSR count). The van der Waals surface area contributed by atoms with Crippen LogP contribution < -0.4 is 14.8 Å². The molecule has 0 aliphatic carbocycles. The van der Waals surface area contributed by atoms with Crippen molar-refractivity contribution in [3.8, 4) is 11.5 Å². The third-order valence-electron chi connectivity index (χ3n) is 3.19. The lowest BCUT2D eigenvalue weighted by molar-refractivity contribution is -0.144. The lowest BCUT2D eigenvalue weighted by Gasteiger charge is -2.21. The summed E-state index contributed by atoms with van der Waals surface area (Å²) in [6.45, 7) is 4.41. The zero-order chi connectivity index (χ0) is 16.0. The van der Waals surface area contributed by atoms with Crippen LogP contribution in [0.15, 0.2) is 16.6 Å². The van der Waals surface area contributed by atoms with Crippen LogP contribution in [0.2, 0.25) is 0 Å². The molecule has 0 saturated carbocycles. The van der Waals surface area contributed by atoms with Crippen LogP contribution >= 0.6 is 15.9 Å². The summed E-state index contributed by atoms with van der Waals surface area (Å²) < 4.78 is 16.3. The quantitative estimate of drug-likeness (QED) is 0.758. The number of nitrogens with one attached hydrogen (secondary N) is 1. The maximum absolute atomic E-state index is 11.8.